The first-order valence-corrected chi connectivity index (χ1v) is 9.41. The van der Waals surface area contributed by atoms with Gasteiger partial charge >= 0.3 is 0 Å². The molecule has 3 heteroatoms. The van der Waals surface area contributed by atoms with Crippen LogP contribution < -0.4 is 0 Å². The molecule has 2 fully saturated rings. The summed E-state index contributed by atoms with van der Waals surface area (Å²) in [5.74, 6) is 0.316. The van der Waals surface area contributed by atoms with Gasteiger partial charge in [-0.2, -0.15) is 0 Å². The molecule has 1 spiro atoms. The van der Waals surface area contributed by atoms with Crippen LogP contribution in [0.2, 0.25) is 0 Å². The number of aryl methyl sites for hydroxylation is 3. The Kier molecular flexibility index (Phi) is 5.29. The van der Waals surface area contributed by atoms with E-state index in [0.717, 1.165) is 32.4 Å². The maximum atomic E-state index is 12.8. The molecule has 1 aliphatic heterocycles. The Morgan fingerprint density at radius 3 is 2.83 bits per heavy atom. The van der Waals surface area contributed by atoms with Crippen LogP contribution in [0.15, 0.2) is 18.2 Å². The van der Waals surface area contributed by atoms with Crippen LogP contribution in [-0.2, 0) is 16.0 Å². The van der Waals surface area contributed by atoms with E-state index in [0.29, 0.717) is 18.4 Å². The molecule has 1 saturated carbocycles. The molecule has 0 N–H and O–H groups in total. The molecule has 3 rings (SSSR count). The van der Waals surface area contributed by atoms with E-state index in [1.54, 1.807) is 0 Å². The van der Waals surface area contributed by atoms with E-state index in [9.17, 15) is 4.79 Å². The topological polar surface area (TPSA) is 29.5 Å². The number of carbonyl (C=O) groups excluding carboxylic acids is 1. The lowest BCUT2D eigenvalue weighted by atomic mass is 9.76. The Morgan fingerprint density at radius 2 is 2.08 bits per heavy atom. The van der Waals surface area contributed by atoms with Crippen LogP contribution >= 0.6 is 0 Å². The SMILES string of the molecule is CO[C@@H]1CCC[C@]12CCCN(C(=O)CCc1ccc(C)cc1C)C2. The summed E-state index contributed by atoms with van der Waals surface area (Å²) < 4.78 is 5.75. The third-order valence-electron chi connectivity index (χ3n) is 6.18. The van der Waals surface area contributed by atoms with Gasteiger partial charge in [-0.3, -0.25) is 4.79 Å². The van der Waals surface area contributed by atoms with Gasteiger partial charge < -0.3 is 9.64 Å². The lowest BCUT2D eigenvalue weighted by Gasteiger charge is -2.43. The monoisotopic (exact) mass is 329 g/mol. The summed E-state index contributed by atoms with van der Waals surface area (Å²) in [6.07, 6.45) is 7.75. The third kappa shape index (κ3) is 3.51. The number of nitrogens with zero attached hydrogens (tertiary/aromatic N) is 1. The first kappa shape index (κ1) is 17.5. The predicted molar refractivity (Wildman–Crippen MR) is 97.1 cm³/mol. The summed E-state index contributed by atoms with van der Waals surface area (Å²) in [6.45, 7) is 6.08. The number of hydrogen-bond donors (Lipinski definition) is 0. The number of benzene rings is 1. The second kappa shape index (κ2) is 7.26. The minimum atomic E-state index is 0.225. The highest BCUT2D eigenvalue weighted by molar-refractivity contribution is 5.76. The molecule has 2 aliphatic rings. The van der Waals surface area contributed by atoms with E-state index < -0.39 is 0 Å². The van der Waals surface area contributed by atoms with Crippen molar-refractivity contribution in [2.24, 2.45) is 5.41 Å². The van der Waals surface area contributed by atoms with E-state index in [4.69, 9.17) is 4.74 Å². The summed E-state index contributed by atoms with van der Waals surface area (Å²) in [7, 11) is 1.83. The lowest BCUT2D eigenvalue weighted by Crippen LogP contribution is -2.49. The van der Waals surface area contributed by atoms with E-state index in [2.05, 4.69) is 36.9 Å². The Hall–Kier alpha value is -1.35. The first-order chi connectivity index (χ1) is 11.5. The van der Waals surface area contributed by atoms with Crippen molar-refractivity contribution in [3.8, 4) is 0 Å². The molecule has 0 radical (unpaired) electrons. The molecule has 0 unspecified atom stereocenters. The van der Waals surface area contributed by atoms with Crippen molar-refractivity contribution in [3.63, 3.8) is 0 Å². The molecule has 1 aromatic rings. The largest absolute Gasteiger partial charge is 0.381 e. The fourth-order valence-electron chi connectivity index (χ4n) is 4.84. The molecule has 2 atom stereocenters. The van der Waals surface area contributed by atoms with Crippen molar-refractivity contribution in [2.45, 2.75) is 64.9 Å². The first-order valence-electron chi connectivity index (χ1n) is 9.41. The summed E-state index contributed by atoms with van der Waals surface area (Å²) in [4.78, 5) is 14.9. The molecule has 1 amide bonds. The number of methoxy groups -OCH3 is 1. The van der Waals surface area contributed by atoms with Crippen LogP contribution in [0.5, 0.6) is 0 Å². The van der Waals surface area contributed by atoms with E-state index in [1.807, 2.05) is 7.11 Å². The quantitative estimate of drug-likeness (QED) is 0.834. The number of rotatable bonds is 4. The van der Waals surface area contributed by atoms with Gasteiger partial charge in [0.25, 0.3) is 0 Å². The zero-order chi connectivity index (χ0) is 17.2. The molecule has 0 aromatic heterocycles. The third-order valence-corrected chi connectivity index (χ3v) is 6.18. The summed E-state index contributed by atoms with van der Waals surface area (Å²) >= 11 is 0. The molecule has 1 heterocycles. The number of amides is 1. The van der Waals surface area contributed by atoms with Crippen molar-refractivity contribution in [3.05, 3.63) is 34.9 Å². The molecular formula is C21H31NO2. The Bertz CT molecular complexity index is 598. The maximum absolute atomic E-state index is 12.8. The van der Waals surface area contributed by atoms with E-state index in [-0.39, 0.29) is 5.41 Å². The smallest absolute Gasteiger partial charge is 0.222 e. The second-order valence-electron chi connectivity index (χ2n) is 7.83. The van der Waals surface area contributed by atoms with Crippen molar-refractivity contribution in [1.29, 1.82) is 0 Å². The predicted octanol–water partition coefficient (Wildman–Crippen LogP) is 4.04. The Balaban J connectivity index is 1.60. The van der Waals surface area contributed by atoms with Crippen LogP contribution in [0.4, 0.5) is 0 Å². The van der Waals surface area contributed by atoms with Gasteiger partial charge in [0.1, 0.15) is 0 Å². The summed E-state index contributed by atoms with van der Waals surface area (Å²) in [5.41, 5.74) is 4.11. The van der Waals surface area contributed by atoms with Crippen LogP contribution in [0.3, 0.4) is 0 Å². The minimum Gasteiger partial charge on any atom is -0.381 e. The molecule has 1 saturated heterocycles. The van der Waals surface area contributed by atoms with Gasteiger partial charge in [0.2, 0.25) is 5.91 Å². The summed E-state index contributed by atoms with van der Waals surface area (Å²) in [5, 5.41) is 0. The average molecular weight is 329 g/mol. The van der Waals surface area contributed by atoms with Crippen molar-refractivity contribution in [2.75, 3.05) is 20.2 Å². The zero-order valence-electron chi connectivity index (χ0n) is 15.4. The van der Waals surface area contributed by atoms with Gasteiger partial charge in [0, 0.05) is 32.0 Å². The van der Waals surface area contributed by atoms with Gasteiger partial charge in [0.05, 0.1) is 6.10 Å². The number of likely N-dealkylation sites (tertiary alicyclic amines) is 1. The second-order valence-corrected chi connectivity index (χ2v) is 7.83. The summed E-state index contributed by atoms with van der Waals surface area (Å²) in [6, 6.07) is 6.52. The van der Waals surface area contributed by atoms with Crippen molar-refractivity contribution < 1.29 is 9.53 Å². The number of hydrogen-bond acceptors (Lipinski definition) is 2. The number of ether oxygens (including phenoxy) is 1. The molecule has 132 valence electrons. The van der Waals surface area contributed by atoms with E-state index in [1.165, 1.54) is 36.0 Å². The van der Waals surface area contributed by atoms with Crippen LogP contribution in [0, 0.1) is 19.3 Å². The number of carbonyl (C=O) groups is 1. The molecule has 0 bridgehead atoms. The van der Waals surface area contributed by atoms with Gasteiger partial charge in [-0.05, 0) is 57.1 Å². The minimum absolute atomic E-state index is 0.225. The normalized spacial score (nSPS) is 27.0. The van der Waals surface area contributed by atoms with Gasteiger partial charge in [-0.25, -0.2) is 0 Å². The van der Waals surface area contributed by atoms with Crippen molar-refractivity contribution >= 4 is 5.91 Å². The molecular weight excluding hydrogens is 298 g/mol. The van der Waals surface area contributed by atoms with Crippen LogP contribution in [-0.4, -0.2) is 37.1 Å². The van der Waals surface area contributed by atoms with Gasteiger partial charge in [-0.1, -0.05) is 30.2 Å². The molecule has 1 aliphatic carbocycles. The van der Waals surface area contributed by atoms with Crippen LogP contribution in [0.25, 0.3) is 0 Å². The van der Waals surface area contributed by atoms with Gasteiger partial charge in [0.15, 0.2) is 0 Å². The highest BCUT2D eigenvalue weighted by Gasteiger charge is 2.46. The fraction of sp³-hybridized carbons (Fsp3) is 0.667. The lowest BCUT2D eigenvalue weighted by molar-refractivity contribution is -0.137. The standard InChI is InChI=1S/C21H31NO2/c1-16-7-8-18(17(2)14-16)9-10-20(23)22-13-5-12-21(15-22)11-4-6-19(21)24-3/h7-8,14,19H,4-6,9-13,15H2,1-3H3/t19-,21-/m1/s1. The van der Waals surface area contributed by atoms with E-state index >= 15 is 0 Å². The fourth-order valence-corrected chi connectivity index (χ4v) is 4.84. The van der Waals surface area contributed by atoms with Crippen molar-refractivity contribution in [1.82, 2.24) is 4.90 Å². The molecule has 24 heavy (non-hydrogen) atoms. The zero-order valence-corrected chi connectivity index (χ0v) is 15.4. The van der Waals surface area contributed by atoms with Crippen LogP contribution in [0.1, 0.15) is 55.2 Å². The Morgan fingerprint density at radius 1 is 1.29 bits per heavy atom. The Labute approximate surface area is 146 Å². The average Bonchev–Trinajstić information content (AvgIpc) is 2.95. The molecule has 1 aromatic carbocycles. The maximum Gasteiger partial charge on any atom is 0.222 e. The molecule has 3 nitrogen and oxygen atoms in total. The highest BCUT2D eigenvalue weighted by Crippen LogP contribution is 2.46. The number of piperidine rings is 1. The highest BCUT2D eigenvalue weighted by atomic mass is 16.5. The van der Waals surface area contributed by atoms with Gasteiger partial charge in [-0.15, -0.1) is 0 Å².